The number of rotatable bonds is 11. The number of allylic oxidation sites excluding steroid dienone is 1. The number of thioether (sulfide) groups is 1. The zero-order valence-corrected chi connectivity index (χ0v) is 31.7. The molecular weight excluding hydrogens is 765 g/mol. The second kappa shape index (κ2) is 15.4. The first-order chi connectivity index (χ1) is 27.7. The largest absolute Gasteiger partial charge is 0.508 e. The van der Waals surface area contributed by atoms with Crippen LogP contribution in [0.4, 0.5) is 10.8 Å². The normalized spacial score (nSPS) is 19.0. The maximum absolute atomic E-state index is 14.2. The lowest BCUT2D eigenvalue weighted by molar-refractivity contribution is -0.150. The number of benzene rings is 4. The molecule has 0 radical (unpaired) electrons. The predicted octanol–water partition coefficient (Wildman–Crippen LogP) is 5.25. The molecule has 57 heavy (non-hydrogen) atoms. The molecule has 0 aliphatic carbocycles. The van der Waals surface area contributed by atoms with Crippen molar-refractivity contribution in [3.05, 3.63) is 166 Å². The molecular formula is C42H34N6O7S2. The number of nitrogen functional groups attached to an aromatic ring is 1. The lowest BCUT2D eigenvalue weighted by Crippen LogP contribution is -2.71. The Bertz CT molecular complexity index is 2380. The van der Waals surface area contributed by atoms with Crippen molar-refractivity contribution in [1.29, 1.82) is 0 Å². The van der Waals surface area contributed by atoms with Gasteiger partial charge in [0.25, 0.3) is 17.7 Å². The monoisotopic (exact) mass is 798 g/mol. The lowest BCUT2D eigenvalue weighted by Gasteiger charge is -2.49. The highest BCUT2D eigenvalue weighted by Gasteiger charge is 2.54. The molecule has 4 heterocycles. The van der Waals surface area contributed by atoms with Crippen molar-refractivity contribution in [2.45, 2.75) is 23.4 Å². The van der Waals surface area contributed by atoms with E-state index in [0.717, 1.165) is 32.9 Å². The van der Waals surface area contributed by atoms with Gasteiger partial charge >= 0.3 is 5.97 Å². The number of phenols is 1. The van der Waals surface area contributed by atoms with Crippen molar-refractivity contribution in [3.8, 4) is 5.75 Å². The van der Waals surface area contributed by atoms with Gasteiger partial charge in [0, 0.05) is 51.7 Å². The van der Waals surface area contributed by atoms with Gasteiger partial charge < -0.3 is 31.0 Å². The molecule has 2 fully saturated rings. The van der Waals surface area contributed by atoms with Crippen LogP contribution < -0.4 is 16.0 Å². The van der Waals surface area contributed by atoms with Gasteiger partial charge in [0.1, 0.15) is 28.6 Å². The molecule has 5 aromatic rings. The fourth-order valence-electron chi connectivity index (χ4n) is 7.22. The van der Waals surface area contributed by atoms with E-state index in [0.29, 0.717) is 29.8 Å². The van der Waals surface area contributed by atoms with E-state index in [9.17, 15) is 29.4 Å². The van der Waals surface area contributed by atoms with E-state index in [1.165, 1.54) is 34.9 Å². The Kier molecular flexibility index (Phi) is 10.1. The zero-order chi connectivity index (χ0) is 39.7. The number of carboxylic acids is 1. The van der Waals surface area contributed by atoms with Crippen LogP contribution in [0.3, 0.4) is 0 Å². The van der Waals surface area contributed by atoms with Crippen LogP contribution in [0.25, 0.3) is 0 Å². The first-order valence-electron chi connectivity index (χ1n) is 17.8. The van der Waals surface area contributed by atoms with Crippen LogP contribution in [-0.4, -0.2) is 73.2 Å². The summed E-state index contributed by atoms with van der Waals surface area (Å²) in [5.74, 6) is -2.91. The van der Waals surface area contributed by atoms with E-state index in [1.54, 1.807) is 17.5 Å². The summed E-state index contributed by atoms with van der Waals surface area (Å²) in [7, 11) is 0. The Labute approximate surface area is 334 Å². The highest BCUT2D eigenvalue weighted by atomic mass is 32.2. The van der Waals surface area contributed by atoms with Crippen LogP contribution in [0.15, 0.2) is 149 Å². The van der Waals surface area contributed by atoms with E-state index < -0.39 is 34.8 Å². The summed E-state index contributed by atoms with van der Waals surface area (Å²) in [5, 5.41) is 28.5. The molecule has 0 spiro atoms. The lowest BCUT2D eigenvalue weighted by atomic mass is 9.80. The summed E-state index contributed by atoms with van der Waals surface area (Å²) in [6.07, 6.45) is 1.88. The number of anilines is 2. The van der Waals surface area contributed by atoms with Crippen LogP contribution in [0.2, 0.25) is 0 Å². The zero-order valence-electron chi connectivity index (χ0n) is 30.0. The van der Waals surface area contributed by atoms with E-state index in [4.69, 9.17) is 10.6 Å². The SMILES string of the molecule is Nc1nc(/C(=N/OC(c2ccccc2)(c2ccccc2)c2ccccc2)C(=O)N[C@@H]2C(=O)N3C(C(=O)O)=C(/C=C4\CCN(c5cccc(O)c5)C4=O)CS[C@H]23)cs1. The molecule has 4 aromatic carbocycles. The molecule has 0 bridgehead atoms. The van der Waals surface area contributed by atoms with Gasteiger partial charge in [-0.1, -0.05) is 102 Å². The predicted molar refractivity (Wildman–Crippen MR) is 216 cm³/mol. The summed E-state index contributed by atoms with van der Waals surface area (Å²) >= 11 is 2.36. The first-order valence-corrected chi connectivity index (χ1v) is 19.8. The summed E-state index contributed by atoms with van der Waals surface area (Å²) in [4.78, 5) is 67.6. The number of phenolic OH excluding ortho intramolecular Hbond substituents is 1. The number of nitrogens with zero attached hydrogens (tertiary/aromatic N) is 4. The molecule has 0 unspecified atom stereocenters. The van der Waals surface area contributed by atoms with Crippen molar-refractivity contribution in [2.75, 3.05) is 22.9 Å². The summed E-state index contributed by atoms with van der Waals surface area (Å²) in [6, 6.07) is 33.6. The number of carbonyl (C=O) groups is 4. The van der Waals surface area contributed by atoms with Gasteiger partial charge in [-0.2, -0.15) is 0 Å². The number of thiazole rings is 1. The average molecular weight is 799 g/mol. The molecule has 286 valence electrons. The first kappa shape index (κ1) is 37.2. The number of β-lactam (4-membered cyclic amide) rings is 1. The molecule has 2 atom stereocenters. The van der Waals surface area contributed by atoms with Crippen molar-refractivity contribution in [2.24, 2.45) is 5.16 Å². The Morgan fingerprint density at radius 2 is 1.56 bits per heavy atom. The number of oxime groups is 1. The van der Waals surface area contributed by atoms with Gasteiger partial charge in [-0.3, -0.25) is 19.3 Å². The minimum Gasteiger partial charge on any atom is -0.508 e. The van der Waals surface area contributed by atoms with Crippen molar-refractivity contribution >= 4 is 63.3 Å². The molecule has 8 rings (SSSR count). The smallest absolute Gasteiger partial charge is 0.352 e. The van der Waals surface area contributed by atoms with E-state index in [2.05, 4.69) is 15.5 Å². The molecule has 13 nitrogen and oxygen atoms in total. The minimum absolute atomic E-state index is 0.0163. The Balaban J connectivity index is 1.09. The second-order valence-electron chi connectivity index (χ2n) is 13.3. The quantitative estimate of drug-likeness (QED) is 0.0452. The summed E-state index contributed by atoms with van der Waals surface area (Å²) < 4.78 is 0. The van der Waals surface area contributed by atoms with Crippen molar-refractivity contribution < 1.29 is 34.2 Å². The van der Waals surface area contributed by atoms with Gasteiger partial charge in [0.05, 0.1) is 0 Å². The molecule has 5 N–H and O–H groups in total. The number of aromatic hydroxyl groups is 1. The van der Waals surface area contributed by atoms with Crippen molar-refractivity contribution in [3.63, 3.8) is 0 Å². The fourth-order valence-corrected chi connectivity index (χ4v) is 9.07. The third-order valence-electron chi connectivity index (χ3n) is 9.90. The highest BCUT2D eigenvalue weighted by molar-refractivity contribution is 8.00. The van der Waals surface area contributed by atoms with Crippen molar-refractivity contribution in [1.82, 2.24) is 15.2 Å². The van der Waals surface area contributed by atoms with Gasteiger partial charge in [-0.05, 0) is 30.2 Å². The number of carboxylic acid groups (broad SMARTS) is 1. The van der Waals surface area contributed by atoms with E-state index in [1.807, 2.05) is 91.0 Å². The molecule has 3 aliphatic heterocycles. The third kappa shape index (κ3) is 6.91. The number of hydrogen-bond acceptors (Lipinski definition) is 11. The number of carbonyl (C=O) groups excluding carboxylic acids is 3. The summed E-state index contributed by atoms with van der Waals surface area (Å²) in [6.45, 7) is 0.345. The molecule has 15 heteroatoms. The Morgan fingerprint density at radius 1 is 0.930 bits per heavy atom. The van der Waals surface area contributed by atoms with Gasteiger partial charge in [-0.15, -0.1) is 23.1 Å². The highest BCUT2D eigenvalue weighted by Crippen LogP contribution is 2.43. The number of hydrogen-bond donors (Lipinski definition) is 4. The number of amides is 3. The van der Waals surface area contributed by atoms with Gasteiger partial charge in [0.15, 0.2) is 10.8 Å². The van der Waals surface area contributed by atoms with Crippen LogP contribution in [0, 0.1) is 0 Å². The maximum Gasteiger partial charge on any atom is 0.352 e. The number of fused-ring (bicyclic) bond motifs is 1. The number of nitrogens with two attached hydrogens (primary N) is 1. The molecule has 2 saturated heterocycles. The van der Waals surface area contributed by atoms with Crippen LogP contribution >= 0.6 is 23.1 Å². The molecule has 1 aromatic heterocycles. The molecule has 3 amide bonds. The molecule has 0 saturated carbocycles. The minimum atomic E-state index is -1.34. The van der Waals surface area contributed by atoms with Crippen LogP contribution in [0.5, 0.6) is 5.75 Å². The number of aromatic nitrogens is 1. The number of nitrogens with one attached hydrogen (secondary N) is 1. The standard InChI is InChI=1S/C42H34N6O7S2/c43-41-44-32(24-57-41)33(46-55-42(27-11-4-1-5-12-27,28-13-6-2-7-14-28)29-15-8-3-9-16-29)36(50)45-34-38(52)48-35(40(53)54)26(23-56-39(34)48)21-25-19-20-47(37(25)51)30-17-10-18-31(49)22-30/h1-18,21-22,24,34,39,49H,19-20,23H2,(H2,43,44)(H,45,50)(H,53,54)/b25-21+,46-33-/t34-,39-/m1/s1. The Hall–Kier alpha value is -6.71. The Morgan fingerprint density at radius 3 is 2.12 bits per heavy atom. The van der Waals surface area contributed by atoms with E-state index in [-0.39, 0.29) is 39.6 Å². The third-order valence-corrected chi connectivity index (χ3v) is 11.9. The molecule has 3 aliphatic rings. The van der Waals surface area contributed by atoms with E-state index >= 15 is 0 Å². The van der Waals surface area contributed by atoms with Crippen LogP contribution in [-0.2, 0) is 29.6 Å². The summed E-state index contributed by atoms with van der Waals surface area (Å²) in [5.41, 5.74) is 7.71. The van der Waals surface area contributed by atoms with Crippen LogP contribution in [0.1, 0.15) is 28.8 Å². The number of aliphatic carboxylic acids is 1. The topological polar surface area (TPSA) is 188 Å². The fraction of sp³-hybridized carbons (Fsp3) is 0.143. The average Bonchev–Trinajstić information content (AvgIpc) is 3.83. The van der Waals surface area contributed by atoms with Gasteiger partial charge in [0.2, 0.25) is 5.60 Å². The van der Waals surface area contributed by atoms with Gasteiger partial charge in [-0.25, -0.2) is 9.78 Å². The maximum atomic E-state index is 14.2. The second-order valence-corrected chi connectivity index (χ2v) is 15.3.